The van der Waals surface area contributed by atoms with Crippen LogP contribution < -0.4 is 9.80 Å². The van der Waals surface area contributed by atoms with Gasteiger partial charge in [-0.1, -0.05) is 17.7 Å². The average Bonchev–Trinajstić information content (AvgIpc) is 2.81. The van der Waals surface area contributed by atoms with Gasteiger partial charge in [0.05, 0.1) is 28.5 Å². The molecule has 0 N–H and O–H groups in total. The summed E-state index contributed by atoms with van der Waals surface area (Å²) in [6.07, 6.45) is -3.14. The molecule has 0 radical (unpaired) electrons. The summed E-state index contributed by atoms with van der Waals surface area (Å²) in [5.74, 6) is 0.612. The molecule has 1 saturated heterocycles. The van der Waals surface area contributed by atoms with Crippen LogP contribution in [0.1, 0.15) is 37.6 Å². The van der Waals surface area contributed by atoms with Gasteiger partial charge >= 0.3 is 17.4 Å². The number of alkyl halides is 3. The van der Waals surface area contributed by atoms with Crippen molar-refractivity contribution in [2.24, 2.45) is 0 Å². The molecule has 37 heavy (non-hydrogen) atoms. The van der Waals surface area contributed by atoms with Crippen LogP contribution >= 0.6 is 11.6 Å². The summed E-state index contributed by atoms with van der Waals surface area (Å²) in [4.78, 5) is 26.7. The summed E-state index contributed by atoms with van der Waals surface area (Å²) >= 11 is 4.44. The molecule has 1 amide bonds. The first-order valence-electron chi connectivity index (χ1n) is 11.8. The molecule has 8 nitrogen and oxygen atoms in total. The standard InChI is InChI=1S/C24H29ClF3N5O3S/c1-23(2,3)36-22(34)32-12-10-31(11-13-32)20-15-8-9-33(14-17(15)29-21(30-20)37(4)35)18-7-5-6-16(25)19(18)24(26,27)28/h5-7H,8-14H2,1-4H3. The Morgan fingerprint density at radius 3 is 2.35 bits per heavy atom. The highest BCUT2D eigenvalue weighted by atomic mass is 35.5. The molecular weight excluding hydrogens is 531 g/mol. The van der Waals surface area contributed by atoms with Crippen LogP contribution in [0.2, 0.25) is 5.02 Å². The van der Waals surface area contributed by atoms with Crippen LogP contribution in [0.4, 0.5) is 29.5 Å². The van der Waals surface area contributed by atoms with Gasteiger partial charge in [0.1, 0.15) is 17.7 Å². The van der Waals surface area contributed by atoms with Crippen LogP contribution in [-0.4, -0.2) is 70.1 Å². The number of nitrogens with zero attached hydrogens (tertiary/aromatic N) is 5. The van der Waals surface area contributed by atoms with E-state index in [9.17, 15) is 22.5 Å². The van der Waals surface area contributed by atoms with Crippen LogP contribution in [0.15, 0.2) is 23.4 Å². The summed E-state index contributed by atoms with van der Waals surface area (Å²) < 4.78 is 59.2. The topological polar surface area (TPSA) is 84.9 Å². The molecular formula is C24H29ClF3N5O3S. The number of carbonyl (C=O) groups excluding carboxylic acids is 1. The fourth-order valence-corrected chi connectivity index (χ4v) is 5.20. The Balaban J connectivity index is 1.61. The van der Waals surface area contributed by atoms with E-state index < -0.39 is 28.5 Å². The lowest BCUT2D eigenvalue weighted by molar-refractivity contribution is -0.137. The number of hydrogen-bond donors (Lipinski definition) is 0. The number of hydrogen-bond acceptors (Lipinski definition) is 7. The maximum Gasteiger partial charge on any atom is 0.419 e. The minimum Gasteiger partial charge on any atom is -0.609 e. The molecule has 1 fully saturated rings. The first kappa shape index (κ1) is 27.6. The Kier molecular flexibility index (Phi) is 7.74. The molecule has 0 spiro atoms. The van der Waals surface area contributed by atoms with Gasteiger partial charge in [-0.05, 0) is 39.3 Å². The smallest absolute Gasteiger partial charge is 0.419 e. The van der Waals surface area contributed by atoms with E-state index in [1.54, 1.807) is 9.80 Å². The zero-order valence-corrected chi connectivity index (χ0v) is 22.6. The number of benzene rings is 1. The quantitative estimate of drug-likeness (QED) is 0.404. The van der Waals surface area contributed by atoms with Crippen LogP contribution in [-0.2, 0) is 35.1 Å². The SMILES string of the molecule is C[S+]([O-])c1nc2c(c(N3CCN(C(=O)OC(C)(C)C)CC3)n1)CCN(c1cccc(Cl)c1C(F)(F)F)C2. The molecule has 2 aliphatic rings. The lowest BCUT2D eigenvalue weighted by Crippen LogP contribution is -2.50. The van der Waals surface area contributed by atoms with Crippen molar-refractivity contribution < 1.29 is 27.3 Å². The van der Waals surface area contributed by atoms with Gasteiger partial charge in [0.25, 0.3) is 0 Å². The van der Waals surface area contributed by atoms with E-state index in [1.807, 2.05) is 25.7 Å². The summed E-state index contributed by atoms with van der Waals surface area (Å²) in [6.45, 7) is 7.63. The van der Waals surface area contributed by atoms with Gasteiger partial charge in [0, 0.05) is 49.5 Å². The zero-order chi connectivity index (χ0) is 27.1. The first-order valence-corrected chi connectivity index (χ1v) is 13.7. The van der Waals surface area contributed by atoms with E-state index in [-0.39, 0.29) is 28.5 Å². The zero-order valence-electron chi connectivity index (χ0n) is 21.1. The number of aromatic nitrogens is 2. The summed E-state index contributed by atoms with van der Waals surface area (Å²) in [7, 11) is 0. The van der Waals surface area contributed by atoms with Crippen molar-refractivity contribution >= 4 is 40.4 Å². The van der Waals surface area contributed by atoms with Crippen molar-refractivity contribution in [3.05, 3.63) is 40.0 Å². The second kappa shape index (κ2) is 10.4. The summed E-state index contributed by atoms with van der Waals surface area (Å²) in [5, 5.41) is -0.246. The van der Waals surface area contributed by atoms with E-state index >= 15 is 0 Å². The maximum atomic E-state index is 13.8. The molecule has 2 aliphatic heterocycles. The molecule has 0 aliphatic carbocycles. The van der Waals surface area contributed by atoms with Crippen LogP contribution in [0.25, 0.3) is 0 Å². The van der Waals surface area contributed by atoms with Crippen molar-refractivity contribution in [3.63, 3.8) is 0 Å². The third-order valence-corrected chi connectivity index (χ3v) is 7.14. The van der Waals surface area contributed by atoms with E-state index in [0.717, 1.165) is 5.56 Å². The van der Waals surface area contributed by atoms with Crippen LogP contribution in [0.3, 0.4) is 0 Å². The minimum atomic E-state index is -4.62. The number of ether oxygens (including phenoxy) is 1. The summed E-state index contributed by atoms with van der Waals surface area (Å²) in [6, 6.07) is 4.11. The second-order valence-electron chi connectivity index (χ2n) is 9.97. The number of fused-ring (bicyclic) bond motifs is 1. The van der Waals surface area contributed by atoms with Crippen LogP contribution in [0.5, 0.6) is 0 Å². The van der Waals surface area contributed by atoms with E-state index in [0.29, 0.717) is 50.7 Å². The number of halogens is 4. The predicted molar refractivity (Wildman–Crippen MR) is 136 cm³/mol. The van der Waals surface area contributed by atoms with Crippen molar-refractivity contribution in [1.82, 2.24) is 14.9 Å². The van der Waals surface area contributed by atoms with Gasteiger partial charge in [0.15, 0.2) is 0 Å². The fourth-order valence-electron chi connectivity index (χ4n) is 4.47. The third kappa shape index (κ3) is 6.18. The van der Waals surface area contributed by atoms with E-state index in [1.165, 1.54) is 24.5 Å². The van der Waals surface area contributed by atoms with Gasteiger partial charge in [-0.15, -0.1) is 0 Å². The molecule has 202 valence electrons. The van der Waals surface area contributed by atoms with Crippen molar-refractivity contribution in [2.75, 3.05) is 48.8 Å². The Bertz CT molecular complexity index is 1170. The highest BCUT2D eigenvalue weighted by molar-refractivity contribution is 7.90. The van der Waals surface area contributed by atoms with Crippen LogP contribution in [0, 0.1) is 0 Å². The number of anilines is 2. The molecule has 1 atom stereocenters. The molecule has 1 aromatic carbocycles. The number of carbonyl (C=O) groups is 1. The highest BCUT2D eigenvalue weighted by Gasteiger charge is 2.39. The normalized spacial score (nSPS) is 17.5. The first-order chi connectivity index (χ1) is 17.2. The number of rotatable bonds is 3. The van der Waals surface area contributed by atoms with Gasteiger partial charge in [-0.3, -0.25) is 0 Å². The molecule has 2 aromatic rings. The number of piperazine rings is 1. The monoisotopic (exact) mass is 559 g/mol. The average molecular weight is 560 g/mol. The Labute approximate surface area is 221 Å². The van der Waals surface area contributed by atoms with E-state index in [4.69, 9.17) is 16.3 Å². The predicted octanol–water partition coefficient (Wildman–Crippen LogP) is 4.51. The molecule has 1 unspecified atom stereocenters. The van der Waals surface area contributed by atoms with E-state index in [2.05, 4.69) is 9.97 Å². The van der Waals surface area contributed by atoms with Gasteiger partial charge in [-0.25, -0.2) is 4.79 Å². The fraction of sp³-hybridized carbons (Fsp3) is 0.542. The van der Waals surface area contributed by atoms with Gasteiger partial charge in [0.2, 0.25) is 0 Å². The molecule has 1 aromatic heterocycles. The van der Waals surface area contributed by atoms with Crippen molar-refractivity contribution in [1.29, 1.82) is 0 Å². The summed E-state index contributed by atoms with van der Waals surface area (Å²) in [5.41, 5.74) is -0.153. The molecule has 0 saturated carbocycles. The molecule has 13 heteroatoms. The highest BCUT2D eigenvalue weighted by Crippen LogP contribution is 2.42. The Morgan fingerprint density at radius 1 is 1.08 bits per heavy atom. The Hall–Kier alpha value is -2.44. The second-order valence-corrected chi connectivity index (χ2v) is 11.6. The Morgan fingerprint density at radius 2 is 1.76 bits per heavy atom. The molecule has 3 heterocycles. The largest absolute Gasteiger partial charge is 0.609 e. The molecule has 4 rings (SSSR count). The van der Waals surface area contributed by atoms with Crippen molar-refractivity contribution in [3.8, 4) is 0 Å². The maximum absolute atomic E-state index is 13.8. The third-order valence-electron chi connectivity index (χ3n) is 6.13. The molecule has 0 bridgehead atoms. The number of amides is 1. The lowest BCUT2D eigenvalue weighted by atomic mass is 10.0. The minimum absolute atomic E-state index is 0.0176. The lowest BCUT2D eigenvalue weighted by Gasteiger charge is -2.38. The van der Waals surface area contributed by atoms with Gasteiger partial charge in [-0.2, -0.15) is 23.1 Å². The van der Waals surface area contributed by atoms with Gasteiger partial charge < -0.3 is 24.0 Å². The van der Waals surface area contributed by atoms with Crippen molar-refractivity contribution in [2.45, 2.75) is 50.7 Å².